The Balaban J connectivity index is 1.55. The smallest absolute Gasteiger partial charge is 0.349 e. The molecule has 4 rings (SSSR count). The van der Waals surface area contributed by atoms with Crippen molar-refractivity contribution in [1.82, 2.24) is 0 Å². The molecule has 0 aromatic heterocycles. The average Bonchev–Trinajstić information content (AvgIpc) is 2.93. The van der Waals surface area contributed by atoms with Crippen molar-refractivity contribution in [3.8, 4) is 34.8 Å². The zero-order valence-corrected chi connectivity index (χ0v) is 24.2. The number of hydrogen-bond donors (Lipinski definition) is 1. The Hall–Kier alpha value is -4.64. The lowest BCUT2D eigenvalue weighted by Gasteiger charge is -2.27. The van der Waals surface area contributed by atoms with Gasteiger partial charge in [-0.3, -0.25) is 0 Å². The van der Waals surface area contributed by atoms with Gasteiger partial charge in [0.05, 0.1) is 19.1 Å². The minimum Gasteiger partial charge on any atom is -0.490 e. The number of rotatable bonds is 11. The summed E-state index contributed by atoms with van der Waals surface area (Å²) in [6.45, 7) is 11.0. The van der Waals surface area contributed by atoms with Crippen molar-refractivity contribution in [1.29, 1.82) is 5.26 Å². The van der Waals surface area contributed by atoms with Crippen molar-refractivity contribution in [3.05, 3.63) is 88.3 Å². The molecule has 8 heteroatoms. The molecular formula is C33H36N2O6. The number of fused-ring (bicyclic) bond motifs is 1. The minimum absolute atomic E-state index is 0.0122. The van der Waals surface area contributed by atoms with E-state index >= 15 is 0 Å². The molecule has 3 aromatic rings. The normalized spacial score (nSPS) is 14.1. The lowest BCUT2D eigenvalue weighted by Crippen LogP contribution is -2.22. The van der Waals surface area contributed by atoms with Gasteiger partial charge in [0.1, 0.15) is 28.9 Å². The van der Waals surface area contributed by atoms with E-state index in [1.807, 2.05) is 57.2 Å². The summed E-state index contributed by atoms with van der Waals surface area (Å²) >= 11 is 0. The van der Waals surface area contributed by atoms with Crippen molar-refractivity contribution < 1.29 is 28.5 Å². The Kier molecular flexibility index (Phi) is 9.41. The first-order valence-corrected chi connectivity index (χ1v) is 13.7. The summed E-state index contributed by atoms with van der Waals surface area (Å²) in [6.07, 6.45) is 0.920. The van der Waals surface area contributed by atoms with Gasteiger partial charge in [-0.05, 0) is 80.1 Å². The summed E-state index contributed by atoms with van der Waals surface area (Å²) in [4.78, 5) is 12.5. The van der Waals surface area contributed by atoms with Gasteiger partial charge in [-0.15, -0.1) is 0 Å². The Bertz CT molecular complexity index is 1490. The standard InChI is InChI=1S/C33H36N2O6/c1-6-37-30-16-23(8-12-28(30)38-14-13-20(2)3)32-26-11-10-25(17-29(26)41-33(35)27(32)18-34)40-31(36)19-39-24-9-7-21(4)22(5)15-24/h7-12,15-17,20,32H,6,13-14,19,35H2,1-5H3. The van der Waals surface area contributed by atoms with Gasteiger partial charge < -0.3 is 29.4 Å². The second-order valence-corrected chi connectivity index (χ2v) is 10.3. The molecule has 0 radical (unpaired) electrons. The van der Waals surface area contributed by atoms with Crippen LogP contribution in [0.4, 0.5) is 0 Å². The molecule has 1 heterocycles. The van der Waals surface area contributed by atoms with Crippen LogP contribution in [0.25, 0.3) is 0 Å². The molecule has 0 spiro atoms. The van der Waals surface area contributed by atoms with Crippen LogP contribution in [0.3, 0.4) is 0 Å². The number of nitriles is 1. The van der Waals surface area contributed by atoms with E-state index in [1.165, 1.54) is 0 Å². The summed E-state index contributed by atoms with van der Waals surface area (Å²) in [6, 6.07) is 18.5. The van der Waals surface area contributed by atoms with Gasteiger partial charge in [0.2, 0.25) is 5.88 Å². The van der Waals surface area contributed by atoms with E-state index < -0.39 is 11.9 Å². The Morgan fingerprint density at radius 3 is 2.46 bits per heavy atom. The number of esters is 1. The van der Waals surface area contributed by atoms with E-state index in [0.29, 0.717) is 47.7 Å². The summed E-state index contributed by atoms with van der Waals surface area (Å²) < 4.78 is 28.8. The fourth-order valence-electron chi connectivity index (χ4n) is 4.45. The fraction of sp³-hybridized carbons (Fsp3) is 0.333. The second kappa shape index (κ2) is 13.1. The van der Waals surface area contributed by atoms with Crippen LogP contribution in [0.2, 0.25) is 0 Å². The van der Waals surface area contributed by atoms with E-state index in [1.54, 1.807) is 18.2 Å². The number of ether oxygens (including phenoxy) is 5. The number of benzene rings is 3. The fourth-order valence-corrected chi connectivity index (χ4v) is 4.45. The zero-order chi connectivity index (χ0) is 29.5. The van der Waals surface area contributed by atoms with Crippen LogP contribution in [0.1, 0.15) is 55.4 Å². The number of allylic oxidation sites excluding steroid dienone is 1. The van der Waals surface area contributed by atoms with Crippen molar-refractivity contribution in [2.45, 2.75) is 47.0 Å². The van der Waals surface area contributed by atoms with E-state index in [9.17, 15) is 10.1 Å². The topological polar surface area (TPSA) is 113 Å². The van der Waals surface area contributed by atoms with Crippen molar-refractivity contribution >= 4 is 5.97 Å². The summed E-state index contributed by atoms with van der Waals surface area (Å²) in [5, 5.41) is 9.97. The molecule has 0 aliphatic carbocycles. The third kappa shape index (κ3) is 7.12. The van der Waals surface area contributed by atoms with Crippen molar-refractivity contribution in [2.75, 3.05) is 19.8 Å². The molecule has 1 aliphatic rings. The molecule has 0 bridgehead atoms. The van der Waals surface area contributed by atoms with Crippen LogP contribution in [0.5, 0.6) is 28.7 Å². The van der Waals surface area contributed by atoms with Crippen LogP contribution >= 0.6 is 0 Å². The van der Waals surface area contributed by atoms with Gasteiger partial charge >= 0.3 is 5.97 Å². The molecule has 1 atom stereocenters. The first-order chi connectivity index (χ1) is 19.7. The maximum atomic E-state index is 12.5. The molecule has 1 aliphatic heterocycles. The molecule has 214 valence electrons. The predicted molar refractivity (Wildman–Crippen MR) is 155 cm³/mol. The van der Waals surface area contributed by atoms with Gasteiger partial charge in [0.15, 0.2) is 18.1 Å². The third-order valence-electron chi connectivity index (χ3n) is 6.81. The second-order valence-electron chi connectivity index (χ2n) is 10.3. The molecule has 2 N–H and O–H groups in total. The quantitative estimate of drug-likeness (QED) is 0.215. The number of carbonyl (C=O) groups excluding carboxylic acids is 1. The van der Waals surface area contributed by atoms with Crippen molar-refractivity contribution in [2.24, 2.45) is 11.7 Å². The number of nitrogens with two attached hydrogens (primary N) is 1. The van der Waals surface area contributed by atoms with E-state index in [0.717, 1.165) is 23.1 Å². The molecule has 0 saturated heterocycles. The van der Waals surface area contributed by atoms with Crippen LogP contribution < -0.4 is 29.4 Å². The minimum atomic E-state index is -0.564. The van der Waals surface area contributed by atoms with Crippen LogP contribution in [0.15, 0.2) is 66.1 Å². The van der Waals surface area contributed by atoms with E-state index in [2.05, 4.69) is 19.9 Å². The molecule has 0 saturated carbocycles. The SMILES string of the molecule is CCOc1cc(C2C(C#N)=C(N)Oc3cc(OC(=O)COc4ccc(C)c(C)c4)ccc32)ccc1OCCC(C)C. The molecule has 8 nitrogen and oxygen atoms in total. The monoisotopic (exact) mass is 556 g/mol. The van der Waals surface area contributed by atoms with Gasteiger partial charge in [-0.25, -0.2) is 4.79 Å². The first kappa shape index (κ1) is 29.3. The molecule has 41 heavy (non-hydrogen) atoms. The predicted octanol–water partition coefficient (Wildman–Crippen LogP) is 6.33. The van der Waals surface area contributed by atoms with Gasteiger partial charge in [-0.2, -0.15) is 5.26 Å². The van der Waals surface area contributed by atoms with Crippen molar-refractivity contribution in [3.63, 3.8) is 0 Å². The lowest BCUT2D eigenvalue weighted by atomic mass is 9.83. The maximum absolute atomic E-state index is 12.5. The zero-order valence-electron chi connectivity index (χ0n) is 24.2. The highest BCUT2D eigenvalue weighted by Gasteiger charge is 2.32. The summed E-state index contributed by atoms with van der Waals surface area (Å²) in [5.74, 6) is 1.92. The highest BCUT2D eigenvalue weighted by atomic mass is 16.6. The Morgan fingerprint density at radius 1 is 0.976 bits per heavy atom. The Morgan fingerprint density at radius 2 is 1.76 bits per heavy atom. The number of hydrogen-bond acceptors (Lipinski definition) is 8. The molecule has 0 fully saturated rings. The third-order valence-corrected chi connectivity index (χ3v) is 6.81. The van der Waals surface area contributed by atoms with Gasteiger partial charge in [0.25, 0.3) is 0 Å². The highest BCUT2D eigenvalue weighted by molar-refractivity contribution is 5.74. The maximum Gasteiger partial charge on any atom is 0.349 e. The molecule has 1 unspecified atom stereocenters. The number of aryl methyl sites for hydroxylation is 2. The number of carbonyl (C=O) groups is 1. The summed E-state index contributed by atoms with van der Waals surface area (Å²) in [7, 11) is 0. The van der Waals surface area contributed by atoms with E-state index in [4.69, 9.17) is 29.4 Å². The van der Waals surface area contributed by atoms with Gasteiger partial charge in [-0.1, -0.05) is 32.0 Å². The van der Waals surface area contributed by atoms with Crippen LogP contribution in [-0.4, -0.2) is 25.8 Å². The van der Waals surface area contributed by atoms with E-state index in [-0.39, 0.29) is 23.8 Å². The van der Waals surface area contributed by atoms with Crippen LogP contribution in [0, 0.1) is 31.1 Å². The largest absolute Gasteiger partial charge is 0.490 e. The average molecular weight is 557 g/mol. The molecular weight excluding hydrogens is 520 g/mol. The Labute approximate surface area is 241 Å². The first-order valence-electron chi connectivity index (χ1n) is 13.7. The van der Waals surface area contributed by atoms with Gasteiger partial charge in [0, 0.05) is 11.6 Å². The molecule has 0 amide bonds. The lowest BCUT2D eigenvalue weighted by molar-refractivity contribution is -0.136. The summed E-state index contributed by atoms with van der Waals surface area (Å²) in [5.41, 5.74) is 10.2. The molecule has 3 aromatic carbocycles. The number of nitrogens with zero attached hydrogens (tertiary/aromatic N) is 1. The van der Waals surface area contributed by atoms with Crippen LogP contribution in [-0.2, 0) is 4.79 Å². The highest BCUT2D eigenvalue weighted by Crippen LogP contribution is 2.45.